The van der Waals surface area contributed by atoms with Gasteiger partial charge in [-0.05, 0) is 12.3 Å². The lowest BCUT2D eigenvalue weighted by Crippen LogP contribution is -2.31. The summed E-state index contributed by atoms with van der Waals surface area (Å²) in [6.07, 6.45) is 2.54. The zero-order valence-electron chi connectivity index (χ0n) is 12.2. The predicted octanol–water partition coefficient (Wildman–Crippen LogP) is 1.81. The van der Waals surface area contributed by atoms with Crippen molar-refractivity contribution in [3.8, 4) is 0 Å². The lowest BCUT2D eigenvalue weighted by atomic mass is 10.1. The number of amides is 1. The van der Waals surface area contributed by atoms with Crippen LogP contribution in [0.1, 0.15) is 23.7 Å². The number of aryl methyl sites for hydroxylation is 1. The van der Waals surface area contributed by atoms with E-state index in [9.17, 15) is 9.59 Å². The van der Waals surface area contributed by atoms with E-state index in [0.29, 0.717) is 13.0 Å². The number of likely N-dealkylation sites (N-methyl/N-ethyl adjacent to an activating group) is 1. The van der Waals surface area contributed by atoms with Crippen LogP contribution in [0.5, 0.6) is 0 Å². The topological polar surface area (TPSA) is 70.5 Å². The van der Waals surface area contributed by atoms with Gasteiger partial charge in [0.2, 0.25) is 5.91 Å². The SMILES string of the molecule is Cc1cnc(CCN(C)C(=O)[C@@H]2[C@H](C(=O)O)C2(C)C)s1. The molecular formula is C14H20N2O3S. The van der Waals surface area contributed by atoms with Gasteiger partial charge in [0, 0.05) is 31.1 Å². The molecule has 0 spiro atoms. The normalized spacial score (nSPS) is 23.4. The van der Waals surface area contributed by atoms with E-state index in [0.717, 1.165) is 9.88 Å². The van der Waals surface area contributed by atoms with Crippen LogP contribution in [0.3, 0.4) is 0 Å². The third-order valence-corrected chi connectivity index (χ3v) is 5.04. The van der Waals surface area contributed by atoms with Crippen molar-refractivity contribution in [1.29, 1.82) is 0 Å². The van der Waals surface area contributed by atoms with Gasteiger partial charge in [0.05, 0.1) is 16.8 Å². The smallest absolute Gasteiger partial charge is 0.307 e. The van der Waals surface area contributed by atoms with Gasteiger partial charge >= 0.3 is 5.97 Å². The molecule has 6 heteroatoms. The molecule has 1 aromatic heterocycles. The fourth-order valence-corrected chi connectivity index (χ4v) is 3.46. The number of carboxylic acids is 1. The summed E-state index contributed by atoms with van der Waals surface area (Å²) in [7, 11) is 1.73. The minimum Gasteiger partial charge on any atom is -0.481 e. The van der Waals surface area contributed by atoms with Gasteiger partial charge < -0.3 is 10.0 Å². The van der Waals surface area contributed by atoms with Crippen LogP contribution in [0.25, 0.3) is 0 Å². The average molecular weight is 296 g/mol. The number of carbonyl (C=O) groups is 2. The minimum atomic E-state index is -0.878. The molecule has 5 nitrogen and oxygen atoms in total. The molecule has 1 N–H and O–H groups in total. The van der Waals surface area contributed by atoms with Crippen LogP contribution in [-0.2, 0) is 16.0 Å². The van der Waals surface area contributed by atoms with Crippen LogP contribution in [0, 0.1) is 24.2 Å². The maximum Gasteiger partial charge on any atom is 0.307 e. The Kier molecular flexibility index (Phi) is 3.86. The first kappa shape index (κ1) is 15.0. The molecule has 1 fully saturated rings. The maximum atomic E-state index is 12.3. The number of aliphatic carboxylic acids is 1. The van der Waals surface area contributed by atoms with Crippen molar-refractivity contribution in [3.63, 3.8) is 0 Å². The Bertz CT molecular complexity index is 538. The second-order valence-corrected chi connectivity index (χ2v) is 7.31. The highest BCUT2D eigenvalue weighted by Crippen LogP contribution is 2.58. The summed E-state index contributed by atoms with van der Waals surface area (Å²) < 4.78 is 0. The lowest BCUT2D eigenvalue weighted by Gasteiger charge is -2.17. The van der Waals surface area contributed by atoms with Crippen LogP contribution < -0.4 is 0 Å². The summed E-state index contributed by atoms with van der Waals surface area (Å²) in [5.74, 6) is -1.91. The number of rotatable bonds is 5. The van der Waals surface area contributed by atoms with Crippen LogP contribution in [0.4, 0.5) is 0 Å². The van der Waals surface area contributed by atoms with Crippen LogP contribution in [0.15, 0.2) is 6.20 Å². The molecule has 0 unspecified atom stereocenters. The summed E-state index contributed by atoms with van der Waals surface area (Å²) in [4.78, 5) is 30.5. The van der Waals surface area contributed by atoms with Crippen molar-refractivity contribution in [2.75, 3.05) is 13.6 Å². The molecule has 2 atom stereocenters. The summed E-state index contributed by atoms with van der Waals surface area (Å²) in [5, 5.41) is 10.1. The van der Waals surface area contributed by atoms with E-state index in [2.05, 4.69) is 4.98 Å². The molecule has 0 aromatic carbocycles. The van der Waals surface area contributed by atoms with Gasteiger partial charge in [0.25, 0.3) is 0 Å². The van der Waals surface area contributed by atoms with Crippen molar-refractivity contribution in [3.05, 3.63) is 16.1 Å². The van der Waals surface area contributed by atoms with Gasteiger partial charge in [-0.2, -0.15) is 0 Å². The molecule has 0 aliphatic heterocycles. The molecule has 1 amide bonds. The largest absolute Gasteiger partial charge is 0.481 e. The van der Waals surface area contributed by atoms with E-state index in [1.807, 2.05) is 27.0 Å². The minimum absolute atomic E-state index is 0.0734. The number of aromatic nitrogens is 1. The first-order chi connectivity index (χ1) is 9.25. The van der Waals surface area contributed by atoms with Crippen molar-refractivity contribution >= 4 is 23.2 Å². The molecule has 0 radical (unpaired) electrons. The Hall–Kier alpha value is -1.43. The molecule has 20 heavy (non-hydrogen) atoms. The number of nitrogens with zero attached hydrogens (tertiary/aromatic N) is 2. The zero-order valence-corrected chi connectivity index (χ0v) is 13.0. The Morgan fingerprint density at radius 1 is 1.45 bits per heavy atom. The second-order valence-electron chi connectivity index (χ2n) is 5.99. The van der Waals surface area contributed by atoms with E-state index in [4.69, 9.17) is 5.11 Å². The monoisotopic (exact) mass is 296 g/mol. The number of hydrogen-bond donors (Lipinski definition) is 1. The Morgan fingerprint density at radius 2 is 2.10 bits per heavy atom. The molecule has 1 heterocycles. The molecule has 1 aliphatic carbocycles. The highest BCUT2D eigenvalue weighted by molar-refractivity contribution is 7.11. The summed E-state index contributed by atoms with van der Waals surface area (Å²) in [6, 6.07) is 0. The first-order valence-electron chi connectivity index (χ1n) is 6.64. The van der Waals surface area contributed by atoms with Crippen LogP contribution in [0.2, 0.25) is 0 Å². The molecule has 0 bridgehead atoms. The molecule has 2 rings (SSSR count). The van der Waals surface area contributed by atoms with Crippen LogP contribution >= 0.6 is 11.3 Å². The number of carboxylic acid groups (broad SMARTS) is 1. The molecule has 1 aromatic rings. The lowest BCUT2D eigenvalue weighted by molar-refractivity contribution is -0.141. The third-order valence-electron chi connectivity index (χ3n) is 4.07. The van der Waals surface area contributed by atoms with Crippen LogP contribution in [-0.4, -0.2) is 40.5 Å². The molecule has 0 saturated heterocycles. The van der Waals surface area contributed by atoms with Crippen molar-refractivity contribution in [1.82, 2.24) is 9.88 Å². The standard InChI is InChI=1S/C14H20N2O3S/c1-8-7-15-9(20-8)5-6-16(4)12(17)10-11(13(18)19)14(10,2)3/h7,10-11H,5-6H2,1-4H3,(H,18,19)/t10-,11+/m0/s1. The Labute approximate surface area is 122 Å². The van der Waals surface area contributed by atoms with Gasteiger partial charge in [-0.3, -0.25) is 9.59 Å². The van der Waals surface area contributed by atoms with Crippen molar-refractivity contribution < 1.29 is 14.7 Å². The van der Waals surface area contributed by atoms with E-state index in [1.54, 1.807) is 23.3 Å². The summed E-state index contributed by atoms with van der Waals surface area (Å²) in [5.41, 5.74) is -0.436. The molecule has 110 valence electrons. The summed E-state index contributed by atoms with van der Waals surface area (Å²) in [6.45, 7) is 6.25. The van der Waals surface area contributed by atoms with E-state index >= 15 is 0 Å². The van der Waals surface area contributed by atoms with Crippen molar-refractivity contribution in [2.24, 2.45) is 17.3 Å². The summed E-state index contributed by atoms with van der Waals surface area (Å²) >= 11 is 1.63. The third kappa shape index (κ3) is 2.70. The zero-order chi connectivity index (χ0) is 15.1. The highest BCUT2D eigenvalue weighted by atomic mass is 32.1. The van der Waals surface area contributed by atoms with Gasteiger partial charge in [-0.25, -0.2) is 4.98 Å². The first-order valence-corrected chi connectivity index (χ1v) is 7.46. The van der Waals surface area contributed by atoms with Gasteiger partial charge in [0.15, 0.2) is 0 Å². The maximum absolute atomic E-state index is 12.3. The predicted molar refractivity (Wildman–Crippen MR) is 76.6 cm³/mol. The molecular weight excluding hydrogens is 276 g/mol. The van der Waals surface area contributed by atoms with Gasteiger partial charge in [0.1, 0.15) is 0 Å². The van der Waals surface area contributed by atoms with E-state index in [1.165, 1.54) is 0 Å². The average Bonchev–Trinajstić information content (AvgIpc) is 2.71. The second kappa shape index (κ2) is 5.16. The number of carbonyl (C=O) groups excluding carboxylic acids is 1. The van der Waals surface area contributed by atoms with E-state index < -0.39 is 23.2 Å². The number of thiazole rings is 1. The Balaban J connectivity index is 1.92. The number of hydrogen-bond acceptors (Lipinski definition) is 4. The fraction of sp³-hybridized carbons (Fsp3) is 0.643. The van der Waals surface area contributed by atoms with E-state index in [-0.39, 0.29) is 5.91 Å². The Morgan fingerprint density at radius 3 is 2.55 bits per heavy atom. The fourth-order valence-electron chi connectivity index (χ4n) is 2.69. The molecule has 1 saturated carbocycles. The highest BCUT2D eigenvalue weighted by Gasteiger charge is 2.66. The van der Waals surface area contributed by atoms with Gasteiger partial charge in [-0.15, -0.1) is 11.3 Å². The van der Waals surface area contributed by atoms with Crippen molar-refractivity contribution in [2.45, 2.75) is 27.2 Å². The van der Waals surface area contributed by atoms with Gasteiger partial charge in [-0.1, -0.05) is 13.8 Å². The quantitative estimate of drug-likeness (QED) is 0.899. The molecule has 1 aliphatic rings.